The van der Waals surface area contributed by atoms with Gasteiger partial charge in [-0.2, -0.15) is 0 Å². The molecule has 0 spiro atoms. The number of hydrogen-bond acceptors (Lipinski definition) is 3. The predicted molar refractivity (Wildman–Crippen MR) is 93.8 cm³/mol. The van der Waals surface area contributed by atoms with Gasteiger partial charge in [-0.3, -0.25) is 4.79 Å². The monoisotopic (exact) mass is 328 g/mol. The van der Waals surface area contributed by atoms with Gasteiger partial charge in [0, 0.05) is 12.1 Å². The zero-order chi connectivity index (χ0) is 16.0. The Hall–Kier alpha value is -1.26. The van der Waals surface area contributed by atoms with Crippen molar-refractivity contribution in [3.8, 4) is 5.75 Å². The smallest absolute Gasteiger partial charge is 0.251 e. The van der Waals surface area contributed by atoms with E-state index in [9.17, 15) is 4.79 Å². The van der Waals surface area contributed by atoms with Crippen molar-refractivity contribution in [3.05, 3.63) is 29.8 Å². The number of amides is 1. The molecule has 1 aromatic carbocycles. The third-order valence-electron chi connectivity index (χ3n) is 3.78. The molecule has 22 heavy (non-hydrogen) atoms. The number of ether oxygens (including phenoxy) is 1. The van der Waals surface area contributed by atoms with Crippen LogP contribution in [0.4, 0.5) is 0 Å². The summed E-state index contributed by atoms with van der Waals surface area (Å²) in [5, 5.41) is 3.03. The maximum Gasteiger partial charge on any atom is 0.251 e. The molecule has 5 heteroatoms. The molecule has 0 radical (unpaired) electrons. The third-order valence-corrected chi connectivity index (χ3v) is 3.78. The summed E-state index contributed by atoms with van der Waals surface area (Å²) < 4.78 is 5.66. The Morgan fingerprint density at radius 1 is 1.32 bits per heavy atom. The molecule has 3 N–H and O–H groups in total. The highest BCUT2D eigenvalue weighted by Crippen LogP contribution is 2.18. The minimum absolute atomic E-state index is 0. The summed E-state index contributed by atoms with van der Waals surface area (Å²) in [6.07, 6.45) is 0. The van der Waals surface area contributed by atoms with Crippen molar-refractivity contribution < 1.29 is 9.53 Å². The zero-order valence-corrected chi connectivity index (χ0v) is 15.0. The maximum atomic E-state index is 12.4. The van der Waals surface area contributed by atoms with E-state index in [1.165, 1.54) is 0 Å². The summed E-state index contributed by atoms with van der Waals surface area (Å²) in [6.45, 7) is 11.3. The van der Waals surface area contributed by atoms with Crippen LogP contribution in [0.5, 0.6) is 5.75 Å². The lowest BCUT2D eigenvalue weighted by atomic mass is 9.88. The Morgan fingerprint density at radius 3 is 2.45 bits per heavy atom. The largest absolute Gasteiger partial charge is 0.493 e. The Morgan fingerprint density at radius 2 is 1.95 bits per heavy atom. The maximum absolute atomic E-state index is 12.4. The number of benzene rings is 1. The first-order valence-electron chi connectivity index (χ1n) is 7.54. The molecule has 0 saturated carbocycles. The average Bonchev–Trinajstić information content (AvgIpc) is 2.45. The van der Waals surface area contributed by atoms with Crippen LogP contribution in [-0.2, 0) is 0 Å². The highest BCUT2D eigenvalue weighted by molar-refractivity contribution is 5.95. The molecule has 0 aromatic heterocycles. The van der Waals surface area contributed by atoms with E-state index in [1.807, 2.05) is 19.1 Å². The van der Waals surface area contributed by atoms with E-state index >= 15 is 0 Å². The van der Waals surface area contributed by atoms with Gasteiger partial charge in [-0.15, -0.1) is 12.4 Å². The van der Waals surface area contributed by atoms with Gasteiger partial charge in [0.05, 0.1) is 12.1 Å². The number of hydrogen-bond donors (Lipinski definition) is 2. The van der Waals surface area contributed by atoms with Crippen LogP contribution < -0.4 is 15.8 Å². The van der Waals surface area contributed by atoms with Crippen molar-refractivity contribution >= 4 is 18.3 Å². The van der Waals surface area contributed by atoms with E-state index in [-0.39, 0.29) is 24.2 Å². The number of nitrogens with two attached hydrogens (primary N) is 1. The van der Waals surface area contributed by atoms with Gasteiger partial charge in [0.15, 0.2) is 0 Å². The molecule has 4 nitrogen and oxygen atoms in total. The zero-order valence-electron chi connectivity index (χ0n) is 14.2. The van der Waals surface area contributed by atoms with Crippen LogP contribution >= 0.6 is 12.4 Å². The SMILES string of the molecule is CC(C)COc1cccc(C(=O)NC(C)(CN)C(C)C)c1.Cl. The first-order chi connectivity index (χ1) is 9.78. The van der Waals surface area contributed by atoms with Crippen molar-refractivity contribution in [1.29, 1.82) is 0 Å². The molecule has 1 atom stereocenters. The van der Waals surface area contributed by atoms with E-state index in [0.29, 0.717) is 24.6 Å². The molecular formula is C17H29ClN2O2. The van der Waals surface area contributed by atoms with Gasteiger partial charge in [-0.25, -0.2) is 0 Å². The van der Waals surface area contributed by atoms with Gasteiger partial charge in [0.2, 0.25) is 0 Å². The van der Waals surface area contributed by atoms with Crippen molar-refractivity contribution in [2.75, 3.05) is 13.2 Å². The van der Waals surface area contributed by atoms with Gasteiger partial charge in [0.1, 0.15) is 5.75 Å². The molecule has 1 aromatic rings. The van der Waals surface area contributed by atoms with Gasteiger partial charge in [-0.1, -0.05) is 33.8 Å². The highest BCUT2D eigenvalue weighted by Gasteiger charge is 2.28. The van der Waals surface area contributed by atoms with E-state index in [4.69, 9.17) is 10.5 Å². The molecule has 0 aliphatic heterocycles. The molecule has 126 valence electrons. The van der Waals surface area contributed by atoms with Gasteiger partial charge in [0.25, 0.3) is 5.91 Å². The quantitative estimate of drug-likeness (QED) is 0.807. The molecule has 0 fully saturated rings. The van der Waals surface area contributed by atoms with Crippen LogP contribution in [0.2, 0.25) is 0 Å². The minimum atomic E-state index is -0.411. The molecule has 0 aliphatic rings. The molecule has 1 rings (SSSR count). The highest BCUT2D eigenvalue weighted by atomic mass is 35.5. The average molecular weight is 329 g/mol. The van der Waals surface area contributed by atoms with Gasteiger partial charge in [-0.05, 0) is 37.0 Å². The molecular weight excluding hydrogens is 300 g/mol. The topological polar surface area (TPSA) is 64.3 Å². The summed E-state index contributed by atoms with van der Waals surface area (Å²) in [5.41, 5.74) is 5.99. The lowest BCUT2D eigenvalue weighted by molar-refractivity contribution is 0.0882. The standard InChI is InChI=1S/C17H28N2O2.ClH/c1-12(2)10-21-15-8-6-7-14(9-15)16(20)19-17(5,11-18)13(3)4;/h6-9,12-13H,10-11,18H2,1-5H3,(H,19,20);1H. The Kier molecular flexibility index (Phi) is 8.49. The summed E-state index contributed by atoms with van der Waals surface area (Å²) >= 11 is 0. The van der Waals surface area contributed by atoms with Gasteiger partial charge < -0.3 is 15.8 Å². The Labute approximate surface area is 140 Å². The number of carbonyl (C=O) groups is 1. The lowest BCUT2D eigenvalue weighted by Gasteiger charge is -2.33. The molecule has 1 amide bonds. The van der Waals surface area contributed by atoms with Crippen LogP contribution in [0.1, 0.15) is 45.0 Å². The number of halogens is 1. The van der Waals surface area contributed by atoms with Crippen molar-refractivity contribution in [2.45, 2.75) is 40.2 Å². The Balaban J connectivity index is 0.00000441. The van der Waals surface area contributed by atoms with E-state index in [1.54, 1.807) is 12.1 Å². The van der Waals surface area contributed by atoms with E-state index < -0.39 is 5.54 Å². The van der Waals surface area contributed by atoms with Crippen LogP contribution in [0.15, 0.2) is 24.3 Å². The summed E-state index contributed by atoms with van der Waals surface area (Å²) in [7, 11) is 0. The Bertz CT molecular complexity index is 477. The fourth-order valence-electron chi connectivity index (χ4n) is 1.75. The van der Waals surface area contributed by atoms with Crippen LogP contribution in [0.3, 0.4) is 0 Å². The summed E-state index contributed by atoms with van der Waals surface area (Å²) in [6, 6.07) is 7.26. The van der Waals surface area contributed by atoms with E-state index in [0.717, 1.165) is 5.75 Å². The first-order valence-corrected chi connectivity index (χ1v) is 7.54. The van der Waals surface area contributed by atoms with Crippen molar-refractivity contribution in [1.82, 2.24) is 5.32 Å². The van der Waals surface area contributed by atoms with Crippen LogP contribution in [0, 0.1) is 11.8 Å². The molecule has 1 unspecified atom stereocenters. The number of rotatable bonds is 7. The predicted octanol–water partition coefficient (Wildman–Crippen LogP) is 3.25. The molecule has 0 bridgehead atoms. The van der Waals surface area contributed by atoms with Crippen LogP contribution in [-0.4, -0.2) is 24.6 Å². The summed E-state index contributed by atoms with van der Waals surface area (Å²) in [4.78, 5) is 12.4. The molecule has 0 saturated heterocycles. The number of nitrogens with one attached hydrogen (secondary N) is 1. The van der Waals surface area contributed by atoms with Gasteiger partial charge >= 0.3 is 0 Å². The molecule has 0 heterocycles. The normalized spacial score (nSPS) is 13.5. The second kappa shape index (κ2) is 9.01. The van der Waals surface area contributed by atoms with Crippen molar-refractivity contribution in [2.24, 2.45) is 17.6 Å². The third kappa shape index (κ3) is 5.85. The fourth-order valence-corrected chi connectivity index (χ4v) is 1.75. The second-order valence-corrected chi connectivity index (χ2v) is 6.46. The second-order valence-electron chi connectivity index (χ2n) is 6.46. The lowest BCUT2D eigenvalue weighted by Crippen LogP contribution is -2.55. The first kappa shape index (κ1) is 20.7. The van der Waals surface area contributed by atoms with E-state index in [2.05, 4.69) is 33.0 Å². The number of carbonyl (C=O) groups excluding carboxylic acids is 1. The minimum Gasteiger partial charge on any atom is -0.493 e. The van der Waals surface area contributed by atoms with Crippen LogP contribution in [0.25, 0.3) is 0 Å². The van der Waals surface area contributed by atoms with Crippen molar-refractivity contribution in [3.63, 3.8) is 0 Å². The fraction of sp³-hybridized carbons (Fsp3) is 0.588. The summed E-state index contributed by atoms with van der Waals surface area (Å²) in [5.74, 6) is 1.30. The molecule has 0 aliphatic carbocycles.